The highest BCUT2D eigenvalue weighted by Gasteiger charge is 2.38. The third-order valence-electron chi connectivity index (χ3n) is 4.70. The zero-order chi connectivity index (χ0) is 14.9. The molecule has 2 fully saturated rings. The zero-order valence-corrected chi connectivity index (χ0v) is 12.1. The minimum absolute atomic E-state index is 0.168. The van der Waals surface area contributed by atoms with Crippen molar-refractivity contribution in [2.75, 3.05) is 26.2 Å². The molecule has 2 saturated heterocycles. The van der Waals surface area contributed by atoms with Gasteiger partial charge in [-0.25, -0.2) is 4.39 Å². The van der Waals surface area contributed by atoms with Gasteiger partial charge in [0.25, 0.3) is 5.91 Å². The summed E-state index contributed by atoms with van der Waals surface area (Å²) in [4.78, 5) is 14.4. The lowest BCUT2D eigenvalue weighted by molar-refractivity contribution is 0.0431. The number of benzene rings is 1. The first kappa shape index (κ1) is 14.3. The smallest absolute Gasteiger partial charge is 0.257 e. The van der Waals surface area contributed by atoms with Crippen LogP contribution in [0.3, 0.4) is 0 Å². The van der Waals surface area contributed by atoms with Crippen LogP contribution in [0, 0.1) is 11.2 Å². The standard InChI is InChI=1S/C16H21FN2O2/c17-12-3-4-13(14(20)9-12)15(21)19-8-2-6-16(11-19)5-1-7-18-10-16/h3-4,9,18,20H,1-2,5-8,10-11H2. The topological polar surface area (TPSA) is 52.6 Å². The predicted octanol–water partition coefficient (Wildman–Crippen LogP) is 2.14. The monoisotopic (exact) mass is 292 g/mol. The Morgan fingerprint density at radius 2 is 2.14 bits per heavy atom. The summed E-state index contributed by atoms with van der Waals surface area (Å²) in [6.45, 7) is 3.42. The van der Waals surface area contributed by atoms with Gasteiger partial charge in [-0.3, -0.25) is 4.79 Å². The minimum atomic E-state index is -0.532. The fourth-order valence-corrected chi connectivity index (χ4v) is 3.62. The molecule has 114 valence electrons. The maximum absolute atomic E-state index is 13.0. The first-order chi connectivity index (χ1) is 10.1. The number of carbonyl (C=O) groups excluding carboxylic acids is 1. The Labute approximate surface area is 124 Å². The van der Waals surface area contributed by atoms with Crippen LogP contribution < -0.4 is 5.32 Å². The van der Waals surface area contributed by atoms with E-state index < -0.39 is 5.82 Å². The summed E-state index contributed by atoms with van der Waals surface area (Å²) in [6, 6.07) is 3.58. The van der Waals surface area contributed by atoms with Crippen molar-refractivity contribution < 1.29 is 14.3 Å². The first-order valence-electron chi connectivity index (χ1n) is 7.58. The van der Waals surface area contributed by atoms with Crippen molar-refractivity contribution >= 4 is 5.91 Å². The number of likely N-dealkylation sites (tertiary alicyclic amines) is 1. The summed E-state index contributed by atoms with van der Waals surface area (Å²) in [6.07, 6.45) is 4.40. The average Bonchev–Trinajstić information content (AvgIpc) is 2.47. The Morgan fingerprint density at radius 3 is 2.86 bits per heavy atom. The second kappa shape index (κ2) is 5.64. The van der Waals surface area contributed by atoms with Gasteiger partial charge in [0, 0.05) is 31.1 Å². The van der Waals surface area contributed by atoms with Gasteiger partial charge in [-0.05, 0) is 44.4 Å². The van der Waals surface area contributed by atoms with Gasteiger partial charge in [0.2, 0.25) is 0 Å². The predicted molar refractivity (Wildman–Crippen MR) is 77.7 cm³/mol. The van der Waals surface area contributed by atoms with Gasteiger partial charge >= 0.3 is 0 Å². The number of amides is 1. The molecular weight excluding hydrogens is 271 g/mol. The molecule has 2 heterocycles. The lowest BCUT2D eigenvalue weighted by Gasteiger charge is -2.45. The van der Waals surface area contributed by atoms with Crippen LogP contribution in [-0.2, 0) is 0 Å². The number of phenols is 1. The molecule has 0 radical (unpaired) electrons. The van der Waals surface area contributed by atoms with Gasteiger partial charge in [0.15, 0.2) is 0 Å². The van der Waals surface area contributed by atoms with Gasteiger partial charge in [0.05, 0.1) is 5.56 Å². The van der Waals surface area contributed by atoms with Crippen LogP contribution in [0.15, 0.2) is 18.2 Å². The number of halogens is 1. The van der Waals surface area contributed by atoms with Crippen molar-refractivity contribution in [1.82, 2.24) is 10.2 Å². The average molecular weight is 292 g/mol. The van der Waals surface area contributed by atoms with E-state index in [0.717, 1.165) is 51.4 Å². The number of nitrogens with one attached hydrogen (secondary N) is 1. The number of hydrogen-bond acceptors (Lipinski definition) is 3. The van der Waals surface area contributed by atoms with Crippen LogP contribution >= 0.6 is 0 Å². The van der Waals surface area contributed by atoms with E-state index in [1.54, 1.807) is 0 Å². The molecule has 21 heavy (non-hydrogen) atoms. The lowest BCUT2D eigenvalue weighted by atomic mass is 9.74. The maximum Gasteiger partial charge on any atom is 0.257 e. The Balaban J connectivity index is 1.77. The summed E-state index contributed by atoms with van der Waals surface area (Å²) in [5, 5.41) is 13.2. The highest BCUT2D eigenvalue weighted by Crippen LogP contribution is 2.36. The first-order valence-corrected chi connectivity index (χ1v) is 7.58. The Morgan fingerprint density at radius 1 is 1.33 bits per heavy atom. The minimum Gasteiger partial charge on any atom is -0.507 e. The van der Waals surface area contributed by atoms with E-state index in [1.165, 1.54) is 12.1 Å². The van der Waals surface area contributed by atoms with Crippen molar-refractivity contribution in [3.05, 3.63) is 29.6 Å². The molecule has 0 aliphatic carbocycles. The number of rotatable bonds is 1. The quantitative estimate of drug-likeness (QED) is 0.834. The lowest BCUT2D eigenvalue weighted by Crippen LogP contribution is -2.52. The molecular formula is C16H21FN2O2. The van der Waals surface area contributed by atoms with E-state index in [9.17, 15) is 14.3 Å². The Bertz CT molecular complexity index is 536. The molecule has 4 nitrogen and oxygen atoms in total. The van der Waals surface area contributed by atoms with Gasteiger partial charge in [-0.15, -0.1) is 0 Å². The molecule has 2 aliphatic rings. The van der Waals surface area contributed by atoms with Crippen LogP contribution in [0.25, 0.3) is 0 Å². The van der Waals surface area contributed by atoms with E-state index >= 15 is 0 Å². The number of carbonyl (C=O) groups is 1. The van der Waals surface area contributed by atoms with Crippen LogP contribution in [0.2, 0.25) is 0 Å². The molecule has 2 N–H and O–H groups in total. The van der Waals surface area contributed by atoms with Crippen LogP contribution in [-0.4, -0.2) is 42.1 Å². The normalized spacial score (nSPS) is 26.0. The molecule has 3 rings (SSSR count). The molecule has 0 saturated carbocycles. The summed E-state index contributed by atoms with van der Waals surface area (Å²) in [7, 11) is 0. The van der Waals surface area contributed by atoms with Crippen LogP contribution in [0.5, 0.6) is 5.75 Å². The van der Waals surface area contributed by atoms with Crippen LogP contribution in [0.1, 0.15) is 36.0 Å². The fraction of sp³-hybridized carbons (Fsp3) is 0.562. The summed E-state index contributed by atoms with van der Waals surface area (Å²) in [5.41, 5.74) is 0.360. The van der Waals surface area contributed by atoms with E-state index in [4.69, 9.17) is 0 Å². The van der Waals surface area contributed by atoms with Crippen molar-refractivity contribution in [2.45, 2.75) is 25.7 Å². The summed E-state index contributed by atoms with van der Waals surface area (Å²) in [5.74, 6) is -1.01. The Kier molecular flexibility index (Phi) is 3.85. The van der Waals surface area contributed by atoms with E-state index in [1.807, 2.05) is 4.90 Å². The molecule has 1 aromatic rings. The molecule has 1 aromatic carbocycles. The van der Waals surface area contributed by atoms with Crippen molar-refractivity contribution in [3.8, 4) is 5.75 Å². The SMILES string of the molecule is O=C(c1ccc(F)cc1O)N1CCCC2(CCCNC2)C1. The van der Waals surface area contributed by atoms with Crippen molar-refractivity contribution in [3.63, 3.8) is 0 Å². The highest BCUT2D eigenvalue weighted by atomic mass is 19.1. The third-order valence-corrected chi connectivity index (χ3v) is 4.70. The zero-order valence-electron chi connectivity index (χ0n) is 12.1. The maximum atomic E-state index is 13.0. The molecule has 1 spiro atoms. The molecule has 1 amide bonds. The molecule has 1 unspecified atom stereocenters. The molecule has 0 aromatic heterocycles. The van der Waals surface area contributed by atoms with E-state index in [0.29, 0.717) is 6.54 Å². The fourth-order valence-electron chi connectivity index (χ4n) is 3.62. The summed E-state index contributed by atoms with van der Waals surface area (Å²) < 4.78 is 13.0. The second-order valence-corrected chi connectivity index (χ2v) is 6.27. The van der Waals surface area contributed by atoms with E-state index in [2.05, 4.69) is 5.32 Å². The number of phenolic OH excluding ortho intramolecular Hbond substituents is 1. The Hall–Kier alpha value is -1.62. The van der Waals surface area contributed by atoms with Gasteiger partial charge in [-0.1, -0.05) is 0 Å². The summed E-state index contributed by atoms with van der Waals surface area (Å²) >= 11 is 0. The number of piperidine rings is 2. The molecule has 1 atom stereocenters. The highest BCUT2D eigenvalue weighted by molar-refractivity contribution is 5.96. The largest absolute Gasteiger partial charge is 0.507 e. The van der Waals surface area contributed by atoms with Crippen molar-refractivity contribution in [2.24, 2.45) is 5.41 Å². The number of nitrogens with zero attached hydrogens (tertiary/aromatic N) is 1. The molecule has 2 aliphatic heterocycles. The third kappa shape index (κ3) is 2.88. The van der Waals surface area contributed by atoms with E-state index in [-0.39, 0.29) is 22.6 Å². The second-order valence-electron chi connectivity index (χ2n) is 6.27. The van der Waals surface area contributed by atoms with Crippen molar-refractivity contribution in [1.29, 1.82) is 0 Å². The van der Waals surface area contributed by atoms with Gasteiger partial charge in [-0.2, -0.15) is 0 Å². The van der Waals surface area contributed by atoms with Gasteiger partial charge in [0.1, 0.15) is 11.6 Å². The number of hydrogen-bond donors (Lipinski definition) is 2. The van der Waals surface area contributed by atoms with Gasteiger partial charge < -0.3 is 15.3 Å². The number of aromatic hydroxyl groups is 1. The molecule has 0 bridgehead atoms. The molecule has 5 heteroatoms. The van der Waals surface area contributed by atoms with Crippen LogP contribution in [0.4, 0.5) is 4.39 Å².